The number of β-amino-alcohol motifs (C(OH)–C–C–N with tert-alkyl or cyclic N) is 1. The van der Waals surface area contributed by atoms with Crippen LogP contribution in [0.2, 0.25) is 0 Å². The van der Waals surface area contributed by atoms with Gasteiger partial charge in [-0.3, -0.25) is 14.8 Å². The van der Waals surface area contributed by atoms with E-state index >= 15 is 0 Å². The van der Waals surface area contributed by atoms with Crippen molar-refractivity contribution < 1.29 is 9.52 Å². The highest BCUT2D eigenvalue weighted by Crippen LogP contribution is 2.16. The first-order valence-corrected chi connectivity index (χ1v) is 7.37. The number of aliphatic hydroxyl groups is 1. The zero-order valence-electron chi connectivity index (χ0n) is 12.1. The highest BCUT2D eigenvalue weighted by atomic mass is 16.4. The Morgan fingerprint density at radius 3 is 2.57 bits per heavy atom. The van der Waals surface area contributed by atoms with Crippen LogP contribution in [0.25, 0.3) is 0 Å². The smallest absolute Gasteiger partial charge is 0.133 e. The molecule has 0 unspecified atom stereocenters. The summed E-state index contributed by atoms with van der Waals surface area (Å²) in [5.41, 5.74) is 1.11. The van der Waals surface area contributed by atoms with Crippen LogP contribution in [0.3, 0.4) is 0 Å². The molecular formula is C16H21N3O2. The lowest BCUT2D eigenvalue weighted by Crippen LogP contribution is -2.47. The predicted octanol–water partition coefficient (Wildman–Crippen LogP) is 1.53. The molecule has 3 heterocycles. The summed E-state index contributed by atoms with van der Waals surface area (Å²) in [6.07, 6.45) is 2.90. The normalized spacial score (nSPS) is 18.7. The molecule has 5 heteroatoms. The van der Waals surface area contributed by atoms with E-state index in [1.165, 1.54) is 0 Å². The molecule has 2 aromatic heterocycles. The monoisotopic (exact) mass is 287 g/mol. The van der Waals surface area contributed by atoms with E-state index in [1.54, 1.807) is 6.26 Å². The van der Waals surface area contributed by atoms with Crippen LogP contribution in [-0.4, -0.2) is 52.6 Å². The van der Waals surface area contributed by atoms with Crippen LogP contribution in [0, 0.1) is 0 Å². The maximum atomic E-state index is 10.1. The van der Waals surface area contributed by atoms with Crippen molar-refractivity contribution in [2.45, 2.75) is 12.6 Å². The van der Waals surface area contributed by atoms with Crippen LogP contribution >= 0.6 is 0 Å². The van der Waals surface area contributed by atoms with E-state index in [0.717, 1.165) is 38.4 Å². The van der Waals surface area contributed by atoms with Gasteiger partial charge >= 0.3 is 0 Å². The molecule has 1 fully saturated rings. The van der Waals surface area contributed by atoms with E-state index < -0.39 is 6.10 Å². The second-order valence-electron chi connectivity index (χ2n) is 5.43. The number of hydrogen-bond donors (Lipinski definition) is 1. The van der Waals surface area contributed by atoms with Gasteiger partial charge in [0.15, 0.2) is 0 Å². The number of hydrogen-bond acceptors (Lipinski definition) is 5. The summed E-state index contributed by atoms with van der Waals surface area (Å²) in [4.78, 5) is 9.05. The lowest BCUT2D eigenvalue weighted by Gasteiger charge is -2.35. The number of aliphatic hydroxyl groups excluding tert-OH is 1. The Bertz CT molecular complexity index is 522. The molecule has 0 spiro atoms. The minimum Gasteiger partial charge on any atom is -0.467 e. The molecule has 112 valence electrons. The maximum Gasteiger partial charge on any atom is 0.133 e. The topological polar surface area (TPSA) is 52.7 Å². The summed E-state index contributed by atoms with van der Waals surface area (Å²) in [5.74, 6) is 0.644. The average molecular weight is 287 g/mol. The third-order valence-corrected chi connectivity index (χ3v) is 3.88. The summed E-state index contributed by atoms with van der Waals surface area (Å²) >= 11 is 0. The minimum absolute atomic E-state index is 0.539. The van der Waals surface area contributed by atoms with Gasteiger partial charge in [0.05, 0.1) is 12.0 Å². The van der Waals surface area contributed by atoms with Gasteiger partial charge in [0.1, 0.15) is 11.9 Å². The molecule has 0 aliphatic carbocycles. The molecule has 0 aromatic carbocycles. The van der Waals surface area contributed by atoms with Crippen molar-refractivity contribution >= 4 is 0 Å². The molecule has 1 atom stereocenters. The Balaban J connectivity index is 1.45. The van der Waals surface area contributed by atoms with Gasteiger partial charge in [0.25, 0.3) is 0 Å². The second-order valence-corrected chi connectivity index (χ2v) is 5.43. The largest absolute Gasteiger partial charge is 0.467 e. The fraction of sp³-hybridized carbons (Fsp3) is 0.438. The minimum atomic E-state index is -0.539. The summed E-state index contributed by atoms with van der Waals surface area (Å²) in [5, 5.41) is 10.1. The number of rotatable bonds is 5. The van der Waals surface area contributed by atoms with Gasteiger partial charge < -0.3 is 9.52 Å². The summed E-state index contributed by atoms with van der Waals surface area (Å²) in [6.45, 7) is 5.46. The summed E-state index contributed by atoms with van der Waals surface area (Å²) in [6, 6.07) is 9.66. The fourth-order valence-electron chi connectivity index (χ4n) is 2.67. The molecule has 3 rings (SSSR count). The molecule has 2 aromatic rings. The zero-order valence-corrected chi connectivity index (χ0v) is 12.1. The Kier molecular flexibility index (Phi) is 4.65. The molecule has 1 saturated heterocycles. The van der Waals surface area contributed by atoms with Crippen molar-refractivity contribution in [2.75, 3.05) is 32.7 Å². The molecule has 1 aliphatic rings. The number of furan rings is 1. The van der Waals surface area contributed by atoms with Gasteiger partial charge in [0.2, 0.25) is 0 Å². The standard InChI is InChI=1S/C16H21N3O2/c20-15(16-5-3-11-21-16)13-19-9-7-18(8-10-19)12-14-4-1-2-6-17-14/h1-6,11,15,20H,7-10,12-13H2/t15-/m1/s1. The van der Waals surface area contributed by atoms with Gasteiger partial charge in [-0.1, -0.05) is 6.07 Å². The second kappa shape index (κ2) is 6.85. The molecule has 5 nitrogen and oxygen atoms in total. The quantitative estimate of drug-likeness (QED) is 0.904. The summed E-state index contributed by atoms with van der Waals surface area (Å²) < 4.78 is 5.24. The molecular weight excluding hydrogens is 266 g/mol. The van der Waals surface area contributed by atoms with Crippen LogP contribution in [0.4, 0.5) is 0 Å². The number of nitrogens with zero attached hydrogens (tertiary/aromatic N) is 3. The van der Waals surface area contributed by atoms with Gasteiger partial charge in [0, 0.05) is 45.5 Å². The highest BCUT2D eigenvalue weighted by Gasteiger charge is 2.21. The number of piperazine rings is 1. The SMILES string of the molecule is O[C@H](CN1CCN(Cc2ccccn2)CC1)c1ccco1. The highest BCUT2D eigenvalue weighted by molar-refractivity contribution is 5.04. The first kappa shape index (κ1) is 14.3. The van der Waals surface area contributed by atoms with Crippen LogP contribution in [0.5, 0.6) is 0 Å². The average Bonchev–Trinajstić information content (AvgIpc) is 3.05. The Labute approximate surface area is 124 Å². The summed E-state index contributed by atoms with van der Waals surface area (Å²) in [7, 11) is 0. The van der Waals surface area contributed by atoms with Crippen LogP contribution in [0.15, 0.2) is 47.2 Å². The van der Waals surface area contributed by atoms with E-state index in [1.807, 2.05) is 30.5 Å². The first-order valence-electron chi connectivity index (χ1n) is 7.37. The lowest BCUT2D eigenvalue weighted by molar-refractivity contribution is 0.0594. The molecule has 0 saturated carbocycles. The Morgan fingerprint density at radius 2 is 1.90 bits per heavy atom. The van der Waals surface area contributed by atoms with Crippen molar-refractivity contribution in [3.63, 3.8) is 0 Å². The number of pyridine rings is 1. The molecule has 0 bridgehead atoms. The van der Waals surface area contributed by atoms with E-state index in [4.69, 9.17) is 4.42 Å². The van der Waals surface area contributed by atoms with Gasteiger partial charge in [-0.25, -0.2) is 0 Å². The zero-order chi connectivity index (χ0) is 14.5. The van der Waals surface area contributed by atoms with Crippen LogP contribution in [-0.2, 0) is 6.54 Å². The molecule has 1 aliphatic heterocycles. The molecule has 21 heavy (non-hydrogen) atoms. The van der Waals surface area contributed by atoms with Crippen LogP contribution in [0.1, 0.15) is 17.6 Å². The third kappa shape index (κ3) is 3.91. The van der Waals surface area contributed by atoms with E-state index in [9.17, 15) is 5.11 Å². The van der Waals surface area contributed by atoms with Crippen molar-refractivity contribution in [3.05, 3.63) is 54.2 Å². The van der Waals surface area contributed by atoms with E-state index in [0.29, 0.717) is 12.3 Å². The van der Waals surface area contributed by atoms with E-state index in [2.05, 4.69) is 20.9 Å². The van der Waals surface area contributed by atoms with Crippen molar-refractivity contribution in [2.24, 2.45) is 0 Å². The van der Waals surface area contributed by atoms with Gasteiger partial charge in [-0.15, -0.1) is 0 Å². The van der Waals surface area contributed by atoms with Crippen molar-refractivity contribution in [1.82, 2.24) is 14.8 Å². The molecule has 0 amide bonds. The van der Waals surface area contributed by atoms with Crippen molar-refractivity contribution in [1.29, 1.82) is 0 Å². The van der Waals surface area contributed by atoms with E-state index in [-0.39, 0.29) is 0 Å². The lowest BCUT2D eigenvalue weighted by atomic mass is 10.2. The predicted molar refractivity (Wildman–Crippen MR) is 79.6 cm³/mol. The maximum absolute atomic E-state index is 10.1. The molecule has 1 N–H and O–H groups in total. The Morgan fingerprint density at radius 1 is 1.10 bits per heavy atom. The van der Waals surface area contributed by atoms with Crippen LogP contribution < -0.4 is 0 Å². The Hall–Kier alpha value is -1.69. The van der Waals surface area contributed by atoms with Gasteiger partial charge in [-0.2, -0.15) is 0 Å². The fourth-order valence-corrected chi connectivity index (χ4v) is 2.67. The first-order chi connectivity index (χ1) is 10.3. The number of aromatic nitrogens is 1. The van der Waals surface area contributed by atoms with Gasteiger partial charge in [-0.05, 0) is 24.3 Å². The molecule has 0 radical (unpaired) electrons. The third-order valence-electron chi connectivity index (χ3n) is 3.88. The van der Waals surface area contributed by atoms with Crippen molar-refractivity contribution in [3.8, 4) is 0 Å².